The van der Waals surface area contributed by atoms with Gasteiger partial charge in [0.1, 0.15) is 12.1 Å². The number of halogens is 1. The van der Waals surface area contributed by atoms with E-state index in [1.165, 1.54) is 6.92 Å². The molecular weight excluding hydrogens is 482 g/mol. The fraction of sp³-hybridized carbons (Fsp3) is 0.444. The molecule has 0 spiro atoms. The van der Waals surface area contributed by atoms with Crippen LogP contribution in [0.2, 0.25) is 5.02 Å². The molecule has 194 valence electrons. The summed E-state index contributed by atoms with van der Waals surface area (Å²) in [5.41, 5.74) is 5.09. The highest BCUT2D eigenvalue weighted by molar-refractivity contribution is 6.30. The Balaban J connectivity index is 2.00. The third-order valence-electron chi connectivity index (χ3n) is 6.56. The van der Waals surface area contributed by atoms with E-state index < -0.39 is 35.2 Å². The molecule has 8 nitrogen and oxygen atoms in total. The molecule has 0 aliphatic carbocycles. The van der Waals surface area contributed by atoms with Crippen LogP contribution in [0.1, 0.15) is 57.2 Å². The number of aliphatic hydroxyl groups is 1. The highest BCUT2D eigenvalue weighted by atomic mass is 35.5. The molecule has 4 N–H and O–H groups in total. The zero-order chi connectivity index (χ0) is 26.7. The average molecular weight is 517 g/mol. The first-order valence-corrected chi connectivity index (χ1v) is 12.4. The van der Waals surface area contributed by atoms with Gasteiger partial charge in [0.05, 0.1) is 6.54 Å². The molecule has 1 fully saturated rings. The summed E-state index contributed by atoms with van der Waals surface area (Å²) < 4.78 is 4.99. The molecule has 1 heterocycles. The molecule has 0 saturated carbocycles. The number of likely N-dealkylation sites (tertiary alicyclic amines) is 1. The van der Waals surface area contributed by atoms with Crippen LogP contribution in [0.4, 0.5) is 4.79 Å². The normalized spacial score (nSPS) is 21.4. The molecule has 2 aromatic carbocycles. The van der Waals surface area contributed by atoms with Gasteiger partial charge in [0.15, 0.2) is 6.04 Å². The molecule has 1 aliphatic rings. The van der Waals surface area contributed by atoms with E-state index >= 15 is 0 Å². The summed E-state index contributed by atoms with van der Waals surface area (Å²) in [6.07, 6.45) is 0.445. The fourth-order valence-electron chi connectivity index (χ4n) is 4.88. The van der Waals surface area contributed by atoms with Crippen molar-refractivity contribution in [1.82, 2.24) is 5.32 Å². The molecule has 3 amide bonds. The summed E-state index contributed by atoms with van der Waals surface area (Å²) in [6, 6.07) is 13.0. The maximum atomic E-state index is 14.1. The summed E-state index contributed by atoms with van der Waals surface area (Å²) in [7, 11) is 0. The van der Waals surface area contributed by atoms with E-state index in [0.29, 0.717) is 41.1 Å². The number of quaternary nitrogens is 1. The lowest BCUT2D eigenvalue weighted by Crippen LogP contribution is -2.64. The monoisotopic (exact) mass is 516 g/mol. The smallest absolute Gasteiger partial charge is 0.407 e. The standard InChI is InChI=1S/C27H34ClN3O5/c1-26(2,3)36-25(34)30-16-18-12-13-21(28)15-19(18)17-31(14-8-11-22(31)23(29)32)24(33)27(4,35)20-9-6-5-7-10-20/h5-7,9-10,12-13,15,22,35H,8,11,14,16-17H2,1-4H3,(H2-,29,30,32,34)/p+1/t22-,27-,31?/m0/s1. The van der Waals surface area contributed by atoms with Crippen LogP contribution in [-0.4, -0.2) is 45.7 Å². The van der Waals surface area contributed by atoms with Crippen molar-refractivity contribution in [2.24, 2.45) is 5.73 Å². The van der Waals surface area contributed by atoms with Gasteiger partial charge in [-0.1, -0.05) is 48.0 Å². The van der Waals surface area contributed by atoms with Crippen molar-refractivity contribution < 1.29 is 28.7 Å². The topological polar surface area (TPSA) is 119 Å². The van der Waals surface area contributed by atoms with Gasteiger partial charge in [0, 0.05) is 30.0 Å². The van der Waals surface area contributed by atoms with Crippen LogP contribution in [0, 0.1) is 0 Å². The van der Waals surface area contributed by atoms with Gasteiger partial charge in [-0.15, -0.1) is 0 Å². The Morgan fingerprint density at radius 1 is 1.11 bits per heavy atom. The number of nitrogens with zero attached hydrogens (tertiary/aromatic N) is 1. The molecule has 1 unspecified atom stereocenters. The van der Waals surface area contributed by atoms with Crippen molar-refractivity contribution in [3.63, 3.8) is 0 Å². The van der Waals surface area contributed by atoms with Gasteiger partial charge >= 0.3 is 12.0 Å². The first-order valence-electron chi connectivity index (χ1n) is 12.0. The largest absolute Gasteiger partial charge is 0.444 e. The summed E-state index contributed by atoms with van der Waals surface area (Å²) >= 11 is 6.32. The lowest BCUT2D eigenvalue weighted by atomic mass is 9.91. The molecule has 36 heavy (non-hydrogen) atoms. The number of nitrogens with two attached hydrogens (primary N) is 1. The highest BCUT2D eigenvalue weighted by Crippen LogP contribution is 2.37. The lowest BCUT2D eigenvalue weighted by Gasteiger charge is -2.40. The number of alkyl carbamates (subject to hydrolysis) is 1. The quantitative estimate of drug-likeness (QED) is 0.484. The van der Waals surface area contributed by atoms with Crippen LogP contribution in [-0.2, 0) is 33.0 Å². The van der Waals surface area contributed by atoms with Crippen molar-refractivity contribution in [2.75, 3.05) is 6.54 Å². The fourth-order valence-corrected chi connectivity index (χ4v) is 5.07. The minimum Gasteiger partial charge on any atom is -0.444 e. The third-order valence-corrected chi connectivity index (χ3v) is 6.79. The Morgan fingerprint density at radius 2 is 1.78 bits per heavy atom. The summed E-state index contributed by atoms with van der Waals surface area (Å²) in [5, 5.41) is 14.6. The lowest BCUT2D eigenvalue weighted by molar-refractivity contribution is -0.874. The van der Waals surface area contributed by atoms with Crippen LogP contribution in [0.5, 0.6) is 0 Å². The van der Waals surface area contributed by atoms with Gasteiger partial charge in [0.2, 0.25) is 5.60 Å². The van der Waals surface area contributed by atoms with Gasteiger partial charge in [-0.05, 0) is 51.0 Å². The Hall–Kier alpha value is -2.94. The second kappa shape index (κ2) is 10.6. The third kappa shape index (κ3) is 6.06. The number of benzene rings is 2. The van der Waals surface area contributed by atoms with Gasteiger partial charge in [0.25, 0.3) is 5.91 Å². The van der Waals surface area contributed by atoms with Crippen molar-refractivity contribution in [3.8, 4) is 0 Å². The second-order valence-corrected chi connectivity index (χ2v) is 10.9. The van der Waals surface area contributed by atoms with E-state index in [2.05, 4.69) is 5.32 Å². The predicted octanol–water partition coefficient (Wildman–Crippen LogP) is 3.76. The molecule has 1 aliphatic heterocycles. The van der Waals surface area contributed by atoms with Crippen molar-refractivity contribution in [1.29, 1.82) is 0 Å². The number of nitrogens with one attached hydrogen (secondary N) is 1. The summed E-state index contributed by atoms with van der Waals surface area (Å²) in [5.74, 6) is -1.11. The second-order valence-electron chi connectivity index (χ2n) is 10.5. The summed E-state index contributed by atoms with van der Waals surface area (Å²) in [6.45, 7) is 7.32. The maximum Gasteiger partial charge on any atom is 0.407 e. The van der Waals surface area contributed by atoms with E-state index in [9.17, 15) is 19.5 Å². The minimum atomic E-state index is -1.85. The zero-order valence-corrected chi connectivity index (χ0v) is 22.0. The molecule has 0 bridgehead atoms. The molecule has 3 atom stereocenters. The Bertz CT molecular complexity index is 1130. The minimum absolute atomic E-state index is 0.0846. The molecule has 2 aromatic rings. The van der Waals surface area contributed by atoms with Crippen molar-refractivity contribution in [3.05, 3.63) is 70.2 Å². The van der Waals surface area contributed by atoms with Crippen molar-refractivity contribution >= 4 is 29.5 Å². The first kappa shape index (κ1) is 27.6. The van der Waals surface area contributed by atoms with Gasteiger partial charge in [-0.25, -0.2) is 14.1 Å². The van der Waals surface area contributed by atoms with Crippen LogP contribution in [0.25, 0.3) is 0 Å². The van der Waals surface area contributed by atoms with E-state index in [1.54, 1.807) is 69.3 Å². The van der Waals surface area contributed by atoms with Crippen molar-refractivity contribution in [2.45, 2.75) is 70.9 Å². The van der Waals surface area contributed by atoms with E-state index in [0.717, 1.165) is 0 Å². The number of hydrogen-bond donors (Lipinski definition) is 3. The Kier molecular flexibility index (Phi) is 8.13. The molecule has 0 radical (unpaired) electrons. The van der Waals surface area contributed by atoms with E-state index in [4.69, 9.17) is 22.1 Å². The number of rotatable bonds is 7. The molecule has 9 heteroatoms. The predicted molar refractivity (Wildman–Crippen MR) is 137 cm³/mol. The molecular formula is C27H35ClN3O5+. The maximum absolute atomic E-state index is 14.1. The zero-order valence-electron chi connectivity index (χ0n) is 21.2. The number of carbonyl (C=O) groups excluding carboxylic acids is 3. The van der Waals surface area contributed by atoms with Gasteiger partial charge in [-0.2, -0.15) is 0 Å². The summed E-state index contributed by atoms with van der Waals surface area (Å²) in [4.78, 5) is 38.9. The van der Waals surface area contributed by atoms with Gasteiger partial charge in [-0.3, -0.25) is 4.79 Å². The first-order chi connectivity index (χ1) is 16.8. The Morgan fingerprint density at radius 3 is 2.39 bits per heavy atom. The highest BCUT2D eigenvalue weighted by Gasteiger charge is 2.57. The van der Waals surface area contributed by atoms with E-state index in [1.807, 2.05) is 0 Å². The average Bonchev–Trinajstić information content (AvgIpc) is 3.22. The Labute approximate surface area is 217 Å². The number of amides is 3. The van der Waals surface area contributed by atoms with E-state index in [-0.39, 0.29) is 17.6 Å². The van der Waals surface area contributed by atoms with Gasteiger partial charge < -0.3 is 20.9 Å². The SMILES string of the molecule is CC(C)(C)OC(=O)NCc1ccc(Cl)cc1C[N+]1(C(=O)[C@@](C)(O)c2ccccc2)CCC[C@H]1C(N)=O. The number of carbonyl (C=O) groups is 3. The molecule has 0 aromatic heterocycles. The molecule has 3 rings (SSSR count). The molecule has 1 saturated heterocycles. The number of hydrogen-bond acceptors (Lipinski definition) is 5. The van der Waals surface area contributed by atoms with Crippen LogP contribution in [0.15, 0.2) is 48.5 Å². The van der Waals surface area contributed by atoms with Crippen LogP contribution >= 0.6 is 11.6 Å². The number of primary amides is 1. The number of ether oxygens (including phenoxy) is 1. The van der Waals surface area contributed by atoms with Crippen LogP contribution in [0.3, 0.4) is 0 Å². The van der Waals surface area contributed by atoms with Crippen LogP contribution < -0.4 is 11.1 Å².